The highest BCUT2D eigenvalue weighted by molar-refractivity contribution is 4.82. The van der Waals surface area contributed by atoms with E-state index in [9.17, 15) is 4.39 Å². The number of halogens is 1. The summed E-state index contributed by atoms with van der Waals surface area (Å²) in [5.41, 5.74) is 0. The summed E-state index contributed by atoms with van der Waals surface area (Å²) in [5, 5.41) is 2.53. The van der Waals surface area contributed by atoms with Crippen LogP contribution >= 0.6 is 0 Å². The minimum Gasteiger partial charge on any atom is -0.363 e. The third-order valence-electron chi connectivity index (χ3n) is 0.807. The van der Waals surface area contributed by atoms with Gasteiger partial charge >= 0.3 is 0 Å². The Hall–Kier alpha value is -0.530. The molecule has 0 radical (unpaired) electrons. The van der Waals surface area contributed by atoms with Crippen LogP contribution in [0.4, 0.5) is 4.39 Å². The van der Waals surface area contributed by atoms with E-state index in [4.69, 9.17) is 0 Å². The lowest BCUT2D eigenvalue weighted by Crippen LogP contribution is -2.13. The van der Waals surface area contributed by atoms with Gasteiger partial charge in [0.1, 0.15) is 0 Å². The zero-order valence-corrected chi connectivity index (χ0v) is 6.19. The quantitative estimate of drug-likeness (QED) is 0.578. The first kappa shape index (κ1) is 8.47. The first-order chi connectivity index (χ1) is 4.13. The number of alkyl halides is 1. The molecule has 0 fully saturated rings. The molecule has 9 heavy (non-hydrogen) atoms. The molecule has 0 saturated heterocycles. The normalized spacial score (nSPS) is 14.8. The van der Waals surface area contributed by atoms with E-state index in [0.717, 1.165) is 0 Å². The third kappa shape index (κ3) is 7.47. The average Bonchev–Trinajstić information content (AvgIpc) is 1.63. The molecule has 0 aliphatic rings. The molecule has 0 aromatic rings. The van der Waals surface area contributed by atoms with Gasteiger partial charge in [0.25, 0.3) is 0 Å². The monoisotopic (exact) mass is 131 g/mol. The van der Waals surface area contributed by atoms with Gasteiger partial charge in [-0.05, 0) is 19.0 Å². The summed E-state index contributed by atoms with van der Waals surface area (Å²) in [5.74, 6) is 0.483. The Labute approximate surface area is 56.0 Å². The summed E-state index contributed by atoms with van der Waals surface area (Å²) in [4.78, 5) is 0. The predicted octanol–water partition coefficient (Wildman–Crippen LogP) is 2.06. The molecule has 0 aromatic carbocycles. The lowest BCUT2D eigenvalue weighted by atomic mass is 10.2. The molecule has 1 nitrogen and oxygen atoms in total. The van der Waals surface area contributed by atoms with Crippen molar-refractivity contribution in [3.8, 4) is 0 Å². The van der Waals surface area contributed by atoms with Crippen molar-refractivity contribution in [2.75, 3.05) is 0 Å². The molecule has 0 saturated carbocycles. The summed E-state index contributed by atoms with van der Waals surface area (Å²) in [6, 6.07) is 0. The number of nitrogens with one attached hydrogen (secondary N) is 1. The lowest BCUT2D eigenvalue weighted by Gasteiger charge is -1.99. The number of allylic oxidation sites excluding steroid dienone is 1. The van der Waals surface area contributed by atoms with E-state index in [2.05, 4.69) is 5.32 Å². The molecule has 0 bridgehead atoms. The third-order valence-corrected chi connectivity index (χ3v) is 0.807. The van der Waals surface area contributed by atoms with Gasteiger partial charge in [-0.1, -0.05) is 19.9 Å². The van der Waals surface area contributed by atoms with Gasteiger partial charge in [-0.2, -0.15) is 0 Å². The van der Waals surface area contributed by atoms with Gasteiger partial charge < -0.3 is 5.32 Å². The zero-order valence-electron chi connectivity index (χ0n) is 6.19. The predicted molar refractivity (Wildman–Crippen MR) is 37.7 cm³/mol. The van der Waals surface area contributed by atoms with Crippen LogP contribution in [0.3, 0.4) is 0 Å². The molecule has 1 unspecified atom stereocenters. The van der Waals surface area contributed by atoms with Crippen LogP contribution in [0.2, 0.25) is 0 Å². The second kappa shape index (κ2) is 4.36. The van der Waals surface area contributed by atoms with Gasteiger partial charge in [0.2, 0.25) is 0 Å². The summed E-state index contributed by atoms with van der Waals surface area (Å²) in [6.07, 6.45) is 2.62. The summed E-state index contributed by atoms with van der Waals surface area (Å²) < 4.78 is 12.0. The van der Waals surface area contributed by atoms with Crippen LogP contribution in [0.25, 0.3) is 0 Å². The molecule has 2 heteroatoms. The highest BCUT2D eigenvalue weighted by Crippen LogP contribution is 1.91. The molecule has 54 valence electrons. The van der Waals surface area contributed by atoms with Crippen LogP contribution in [0.5, 0.6) is 0 Å². The molecule has 0 aliphatic heterocycles. The zero-order chi connectivity index (χ0) is 7.28. The van der Waals surface area contributed by atoms with E-state index in [-0.39, 0.29) is 0 Å². The van der Waals surface area contributed by atoms with Crippen molar-refractivity contribution in [2.45, 2.75) is 27.1 Å². The molecule has 0 aliphatic carbocycles. The van der Waals surface area contributed by atoms with E-state index < -0.39 is 6.30 Å². The van der Waals surface area contributed by atoms with Gasteiger partial charge in [-0.15, -0.1) is 0 Å². The number of hydrogen-bond donors (Lipinski definition) is 1. The van der Waals surface area contributed by atoms with Gasteiger partial charge in [-0.25, -0.2) is 4.39 Å². The van der Waals surface area contributed by atoms with Crippen molar-refractivity contribution in [2.24, 2.45) is 5.92 Å². The highest BCUT2D eigenvalue weighted by Gasteiger charge is 1.88. The van der Waals surface area contributed by atoms with Crippen molar-refractivity contribution < 1.29 is 4.39 Å². The maximum Gasteiger partial charge on any atom is 0.166 e. The molecule has 0 rings (SSSR count). The van der Waals surface area contributed by atoms with Crippen molar-refractivity contribution in [1.82, 2.24) is 5.32 Å². The largest absolute Gasteiger partial charge is 0.363 e. The van der Waals surface area contributed by atoms with Crippen LogP contribution < -0.4 is 5.32 Å². The van der Waals surface area contributed by atoms with E-state index in [1.54, 1.807) is 6.20 Å². The van der Waals surface area contributed by atoms with Crippen LogP contribution in [0, 0.1) is 5.92 Å². The molecule has 0 spiro atoms. The fourth-order valence-corrected chi connectivity index (χ4v) is 0.381. The Morgan fingerprint density at radius 3 is 2.22 bits per heavy atom. The standard InChI is InChI=1S/C7H14FN/c1-6(2)4-5-9-7(3)8/h4-7,9H,1-3H3/b5-4-. The average molecular weight is 131 g/mol. The van der Waals surface area contributed by atoms with Crippen molar-refractivity contribution >= 4 is 0 Å². The van der Waals surface area contributed by atoms with Gasteiger partial charge in [-0.3, -0.25) is 0 Å². The fraction of sp³-hybridized carbons (Fsp3) is 0.714. The number of rotatable bonds is 3. The molecular formula is C7H14FN. The second-order valence-electron chi connectivity index (χ2n) is 2.39. The summed E-state index contributed by atoms with van der Waals surface area (Å²) in [7, 11) is 0. The lowest BCUT2D eigenvalue weighted by molar-refractivity contribution is 0.328. The topological polar surface area (TPSA) is 12.0 Å². The molecule has 0 aromatic heterocycles. The highest BCUT2D eigenvalue weighted by atomic mass is 19.1. The first-order valence-corrected chi connectivity index (χ1v) is 3.19. The molecule has 1 N–H and O–H groups in total. The van der Waals surface area contributed by atoms with Crippen molar-refractivity contribution in [3.05, 3.63) is 12.3 Å². The van der Waals surface area contributed by atoms with E-state index in [0.29, 0.717) is 5.92 Å². The van der Waals surface area contributed by atoms with Gasteiger partial charge in [0.05, 0.1) is 0 Å². The minimum absolute atomic E-state index is 0.483. The summed E-state index contributed by atoms with van der Waals surface area (Å²) >= 11 is 0. The van der Waals surface area contributed by atoms with Crippen molar-refractivity contribution in [1.29, 1.82) is 0 Å². The Kier molecular flexibility index (Phi) is 4.10. The SMILES string of the molecule is CC(C)/C=C\NC(C)F. The smallest absolute Gasteiger partial charge is 0.166 e. The minimum atomic E-state index is -0.944. The van der Waals surface area contributed by atoms with Crippen LogP contribution in [-0.4, -0.2) is 6.30 Å². The Bertz CT molecular complexity index is 86.9. The molecule has 0 heterocycles. The van der Waals surface area contributed by atoms with Gasteiger partial charge in [0.15, 0.2) is 6.30 Å². The van der Waals surface area contributed by atoms with E-state index in [1.807, 2.05) is 19.9 Å². The summed E-state index contributed by atoms with van der Waals surface area (Å²) in [6.45, 7) is 5.55. The Morgan fingerprint density at radius 1 is 1.33 bits per heavy atom. The maximum absolute atomic E-state index is 12.0. The molecular weight excluding hydrogens is 117 g/mol. The van der Waals surface area contributed by atoms with Crippen LogP contribution in [-0.2, 0) is 0 Å². The maximum atomic E-state index is 12.0. The van der Waals surface area contributed by atoms with E-state index in [1.165, 1.54) is 6.92 Å². The van der Waals surface area contributed by atoms with Crippen LogP contribution in [0.1, 0.15) is 20.8 Å². The fourth-order valence-electron chi connectivity index (χ4n) is 0.381. The Morgan fingerprint density at radius 2 is 1.89 bits per heavy atom. The van der Waals surface area contributed by atoms with Gasteiger partial charge in [0, 0.05) is 0 Å². The number of hydrogen-bond acceptors (Lipinski definition) is 1. The Balaban J connectivity index is 3.25. The molecule has 1 atom stereocenters. The van der Waals surface area contributed by atoms with E-state index >= 15 is 0 Å². The van der Waals surface area contributed by atoms with Crippen LogP contribution in [0.15, 0.2) is 12.3 Å². The second-order valence-corrected chi connectivity index (χ2v) is 2.39. The molecule has 0 amide bonds. The first-order valence-electron chi connectivity index (χ1n) is 3.19. The van der Waals surface area contributed by atoms with Crippen molar-refractivity contribution in [3.63, 3.8) is 0 Å².